The SMILES string of the molecule is CC(=O)OCC1CN(C(=O)CCNC(=O)OCC2C3CCC#CCCC32)CCN1CC(=O)O. The molecule has 0 spiro atoms. The van der Waals surface area contributed by atoms with Gasteiger partial charge in [0.15, 0.2) is 0 Å². The van der Waals surface area contributed by atoms with Crippen molar-refractivity contribution < 1.29 is 33.8 Å². The number of alkyl carbamates (subject to hydrolysis) is 1. The molecule has 3 atom stereocenters. The molecule has 2 N–H and O–H groups in total. The Bertz CT molecular complexity index is 788. The molecule has 1 aliphatic heterocycles. The van der Waals surface area contributed by atoms with Gasteiger partial charge in [-0.3, -0.25) is 19.3 Å². The predicted molar refractivity (Wildman–Crippen MR) is 117 cm³/mol. The van der Waals surface area contributed by atoms with E-state index in [-0.39, 0.29) is 44.6 Å². The van der Waals surface area contributed by atoms with Gasteiger partial charge in [-0.1, -0.05) is 0 Å². The molecular formula is C23H33N3O7. The highest BCUT2D eigenvalue weighted by Gasteiger charge is 2.49. The van der Waals surface area contributed by atoms with Crippen LogP contribution < -0.4 is 5.32 Å². The molecule has 0 aromatic rings. The molecule has 2 aliphatic carbocycles. The second kappa shape index (κ2) is 11.9. The summed E-state index contributed by atoms with van der Waals surface area (Å²) in [5.41, 5.74) is 0. The quantitative estimate of drug-likeness (QED) is 0.378. The van der Waals surface area contributed by atoms with Crippen molar-refractivity contribution in [1.29, 1.82) is 0 Å². The van der Waals surface area contributed by atoms with Gasteiger partial charge < -0.3 is 24.8 Å². The fourth-order valence-electron chi connectivity index (χ4n) is 4.81. The molecule has 3 aliphatic rings. The summed E-state index contributed by atoms with van der Waals surface area (Å²) in [6.07, 6.45) is 3.56. The second-order valence-corrected chi connectivity index (χ2v) is 8.86. The second-order valence-electron chi connectivity index (χ2n) is 8.86. The molecule has 3 rings (SSSR count). The summed E-state index contributed by atoms with van der Waals surface area (Å²) in [5.74, 6) is 6.36. The number of carboxylic acids is 1. The van der Waals surface area contributed by atoms with Crippen LogP contribution in [0, 0.1) is 29.6 Å². The third-order valence-corrected chi connectivity index (χ3v) is 6.63. The Hall–Kier alpha value is -2.80. The Morgan fingerprint density at radius 2 is 1.73 bits per heavy atom. The van der Waals surface area contributed by atoms with Gasteiger partial charge in [-0.05, 0) is 30.6 Å². The molecule has 2 amide bonds. The summed E-state index contributed by atoms with van der Waals surface area (Å²) >= 11 is 0. The van der Waals surface area contributed by atoms with Crippen LogP contribution in [0.5, 0.6) is 0 Å². The summed E-state index contributed by atoms with van der Waals surface area (Å²) < 4.78 is 10.4. The van der Waals surface area contributed by atoms with Crippen LogP contribution in [0.2, 0.25) is 0 Å². The van der Waals surface area contributed by atoms with E-state index in [0.717, 1.165) is 25.7 Å². The normalized spacial score (nSPS) is 26.5. The number of piperazine rings is 1. The van der Waals surface area contributed by atoms with Crippen LogP contribution in [0.1, 0.15) is 39.0 Å². The van der Waals surface area contributed by atoms with E-state index in [2.05, 4.69) is 17.2 Å². The van der Waals surface area contributed by atoms with Gasteiger partial charge in [0.05, 0.1) is 19.2 Å². The van der Waals surface area contributed by atoms with Gasteiger partial charge in [0.25, 0.3) is 0 Å². The van der Waals surface area contributed by atoms with Crippen LogP contribution in [0.4, 0.5) is 4.79 Å². The van der Waals surface area contributed by atoms with Gasteiger partial charge >= 0.3 is 18.0 Å². The van der Waals surface area contributed by atoms with E-state index in [9.17, 15) is 19.2 Å². The number of nitrogens with one attached hydrogen (secondary N) is 1. The maximum Gasteiger partial charge on any atom is 0.407 e. The number of rotatable bonds is 9. The number of fused-ring (bicyclic) bond motifs is 1. The number of carbonyl (C=O) groups is 4. The minimum Gasteiger partial charge on any atom is -0.480 e. The summed E-state index contributed by atoms with van der Waals surface area (Å²) in [4.78, 5) is 50.1. The Morgan fingerprint density at radius 3 is 2.36 bits per heavy atom. The fraction of sp³-hybridized carbons (Fsp3) is 0.739. The van der Waals surface area contributed by atoms with Crippen molar-refractivity contribution in [2.45, 2.75) is 45.1 Å². The lowest BCUT2D eigenvalue weighted by Gasteiger charge is -2.40. The van der Waals surface area contributed by atoms with Gasteiger partial charge in [-0.2, -0.15) is 0 Å². The Balaban J connectivity index is 1.35. The average Bonchev–Trinajstić information content (AvgIpc) is 3.39. The fourth-order valence-corrected chi connectivity index (χ4v) is 4.81. The highest BCUT2D eigenvalue weighted by Crippen LogP contribution is 2.52. The number of nitrogens with zero attached hydrogens (tertiary/aromatic N) is 2. The number of carboxylic acid groups (broad SMARTS) is 1. The number of hydrogen-bond acceptors (Lipinski definition) is 7. The standard InChI is InChI=1S/C23H33N3O7/c1-16(27)32-14-17-12-26(11-10-25(17)13-22(29)30)21(28)8-9-24-23(31)33-15-20-18-6-4-2-3-5-7-19(18)20/h17-20H,4-15H2,1H3,(H,24,31)(H,29,30). The van der Waals surface area contributed by atoms with Crippen LogP contribution >= 0.6 is 0 Å². The molecular weight excluding hydrogens is 430 g/mol. The molecule has 10 nitrogen and oxygen atoms in total. The summed E-state index contributed by atoms with van der Waals surface area (Å²) in [6, 6.07) is -0.388. The molecule has 0 aromatic heterocycles. The van der Waals surface area contributed by atoms with Crippen molar-refractivity contribution in [1.82, 2.24) is 15.1 Å². The monoisotopic (exact) mass is 463 g/mol. The van der Waals surface area contributed by atoms with Crippen LogP contribution in [-0.4, -0.2) is 90.8 Å². The van der Waals surface area contributed by atoms with Gasteiger partial charge in [-0.25, -0.2) is 4.79 Å². The first-order valence-corrected chi connectivity index (χ1v) is 11.6. The van der Waals surface area contributed by atoms with Crippen molar-refractivity contribution in [3.8, 4) is 11.8 Å². The molecule has 1 heterocycles. The molecule has 1 saturated carbocycles. The molecule has 1 saturated heterocycles. The largest absolute Gasteiger partial charge is 0.480 e. The minimum atomic E-state index is -0.977. The van der Waals surface area contributed by atoms with Gasteiger partial charge in [0.2, 0.25) is 5.91 Å². The first-order valence-electron chi connectivity index (χ1n) is 11.6. The molecule has 2 fully saturated rings. The van der Waals surface area contributed by atoms with Gasteiger partial charge in [-0.15, -0.1) is 11.8 Å². The van der Waals surface area contributed by atoms with Crippen LogP contribution in [0.3, 0.4) is 0 Å². The van der Waals surface area contributed by atoms with E-state index >= 15 is 0 Å². The minimum absolute atomic E-state index is 0.0201. The van der Waals surface area contributed by atoms with E-state index < -0.39 is 18.0 Å². The van der Waals surface area contributed by atoms with Crippen LogP contribution in [-0.2, 0) is 23.9 Å². The molecule has 0 radical (unpaired) electrons. The van der Waals surface area contributed by atoms with Crippen molar-refractivity contribution >= 4 is 23.9 Å². The number of aliphatic carboxylic acids is 1. The molecule has 0 aromatic carbocycles. The third-order valence-electron chi connectivity index (χ3n) is 6.63. The van der Waals surface area contributed by atoms with Crippen LogP contribution in [0.25, 0.3) is 0 Å². The third kappa shape index (κ3) is 7.63. The Kier molecular flexibility index (Phi) is 8.95. The van der Waals surface area contributed by atoms with Crippen molar-refractivity contribution in [3.63, 3.8) is 0 Å². The Morgan fingerprint density at radius 1 is 1.03 bits per heavy atom. The number of amides is 2. The van der Waals surface area contributed by atoms with E-state index in [1.165, 1.54) is 6.92 Å². The van der Waals surface area contributed by atoms with Crippen molar-refractivity contribution in [2.24, 2.45) is 17.8 Å². The van der Waals surface area contributed by atoms with E-state index in [1.54, 1.807) is 9.80 Å². The zero-order valence-corrected chi connectivity index (χ0v) is 19.1. The molecule has 182 valence electrons. The van der Waals surface area contributed by atoms with Gasteiger partial charge in [0, 0.05) is 52.4 Å². The predicted octanol–water partition coefficient (Wildman–Crippen LogP) is 0.703. The number of carbonyl (C=O) groups excluding carboxylic acids is 3. The highest BCUT2D eigenvalue weighted by molar-refractivity contribution is 5.77. The number of esters is 1. The van der Waals surface area contributed by atoms with Crippen molar-refractivity contribution in [2.75, 3.05) is 45.9 Å². The van der Waals surface area contributed by atoms with E-state index in [4.69, 9.17) is 14.6 Å². The average molecular weight is 464 g/mol. The molecule has 10 heteroatoms. The molecule has 0 bridgehead atoms. The zero-order valence-electron chi connectivity index (χ0n) is 19.1. The number of ether oxygens (including phenoxy) is 2. The smallest absolute Gasteiger partial charge is 0.407 e. The van der Waals surface area contributed by atoms with E-state index in [1.807, 2.05) is 0 Å². The maximum absolute atomic E-state index is 12.6. The lowest BCUT2D eigenvalue weighted by molar-refractivity contribution is -0.146. The maximum atomic E-state index is 12.6. The Labute approximate surface area is 193 Å². The first kappa shape index (κ1) is 24.8. The van der Waals surface area contributed by atoms with E-state index in [0.29, 0.717) is 37.5 Å². The summed E-state index contributed by atoms with van der Waals surface area (Å²) in [5, 5.41) is 11.7. The molecule has 33 heavy (non-hydrogen) atoms. The first-order chi connectivity index (χ1) is 15.8. The lowest BCUT2D eigenvalue weighted by atomic mass is 10.1. The highest BCUT2D eigenvalue weighted by atomic mass is 16.5. The summed E-state index contributed by atoms with van der Waals surface area (Å²) in [6.45, 7) is 2.69. The summed E-state index contributed by atoms with van der Waals surface area (Å²) in [7, 11) is 0. The van der Waals surface area contributed by atoms with Crippen LogP contribution in [0.15, 0.2) is 0 Å². The topological polar surface area (TPSA) is 125 Å². The van der Waals surface area contributed by atoms with Crippen molar-refractivity contribution in [3.05, 3.63) is 0 Å². The van der Waals surface area contributed by atoms with Gasteiger partial charge in [0.1, 0.15) is 6.61 Å². The number of hydrogen-bond donors (Lipinski definition) is 2. The zero-order chi connectivity index (χ0) is 23.8. The lowest BCUT2D eigenvalue weighted by Crippen LogP contribution is -2.57. The molecule has 3 unspecified atom stereocenters.